The summed E-state index contributed by atoms with van der Waals surface area (Å²) in [5, 5.41) is 5.27. The van der Waals surface area contributed by atoms with Crippen molar-refractivity contribution in [3.05, 3.63) is 59.6 Å². The van der Waals surface area contributed by atoms with Gasteiger partial charge >= 0.3 is 6.18 Å². The third-order valence-electron chi connectivity index (χ3n) is 5.37. The molecule has 0 spiro atoms. The van der Waals surface area contributed by atoms with E-state index in [-0.39, 0.29) is 6.10 Å². The fourth-order valence-electron chi connectivity index (χ4n) is 3.84. The number of nitrogens with zero attached hydrogens (tertiary/aromatic N) is 3. The third-order valence-corrected chi connectivity index (χ3v) is 5.62. The van der Waals surface area contributed by atoms with Crippen LogP contribution in [0.2, 0.25) is 5.02 Å². The van der Waals surface area contributed by atoms with Crippen molar-refractivity contribution in [3.8, 4) is 28.6 Å². The molecule has 1 saturated heterocycles. The minimum atomic E-state index is -4.19. The maximum Gasteiger partial charge on any atom is 0.401 e. The zero-order chi connectivity index (χ0) is 22.7. The fourth-order valence-corrected chi connectivity index (χ4v) is 3.97. The lowest BCUT2D eigenvalue weighted by molar-refractivity contribution is -0.149. The molecule has 4 rings (SSSR count). The second kappa shape index (κ2) is 9.42. The summed E-state index contributed by atoms with van der Waals surface area (Å²) < 4.78 is 51.2. The molecule has 5 nitrogen and oxygen atoms in total. The number of alkyl halides is 3. The van der Waals surface area contributed by atoms with Crippen LogP contribution in [0.3, 0.4) is 0 Å². The summed E-state index contributed by atoms with van der Waals surface area (Å²) in [6.45, 7) is -0.217. The van der Waals surface area contributed by atoms with Crippen molar-refractivity contribution < 1.29 is 22.6 Å². The molecule has 0 bridgehead atoms. The number of ether oxygens (including phenoxy) is 2. The molecule has 2 aromatic carbocycles. The maximum atomic E-state index is 12.6. The largest absolute Gasteiger partial charge is 0.494 e. The molecular formula is C23H23ClF3N3O2. The molecule has 9 heteroatoms. The molecule has 0 aliphatic carbocycles. The van der Waals surface area contributed by atoms with Crippen LogP contribution >= 0.6 is 11.6 Å². The number of methoxy groups -OCH3 is 1. The Morgan fingerprint density at radius 3 is 2.41 bits per heavy atom. The number of aromatic nitrogens is 2. The Labute approximate surface area is 189 Å². The van der Waals surface area contributed by atoms with Gasteiger partial charge in [0.15, 0.2) is 0 Å². The van der Waals surface area contributed by atoms with Crippen molar-refractivity contribution in [1.82, 2.24) is 14.7 Å². The normalized spacial score (nSPS) is 15.7. The standard InChI is InChI=1S/C23H23ClF3N3O2/c1-31-21-5-3-2-4-19(21)30-20(16-6-8-17(24)9-7-16)14-22(28-30)32-18-10-12-29(13-11-18)15-23(25,26)27/h2-9,14,18H,10-13,15H2,1H3. The lowest BCUT2D eigenvalue weighted by Gasteiger charge is -2.31. The summed E-state index contributed by atoms with van der Waals surface area (Å²) in [6.07, 6.45) is -3.37. The van der Waals surface area contributed by atoms with Gasteiger partial charge in [0.05, 0.1) is 19.3 Å². The number of halogens is 4. The number of piperidine rings is 1. The van der Waals surface area contributed by atoms with E-state index in [0.29, 0.717) is 42.6 Å². The minimum absolute atomic E-state index is 0.196. The summed E-state index contributed by atoms with van der Waals surface area (Å²) in [4.78, 5) is 1.41. The Bertz CT molecular complexity index is 1050. The Balaban J connectivity index is 1.58. The van der Waals surface area contributed by atoms with Crippen molar-refractivity contribution in [2.45, 2.75) is 25.1 Å². The number of rotatable bonds is 6. The average molecular weight is 466 g/mol. The Morgan fingerprint density at radius 2 is 1.75 bits per heavy atom. The van der Waals surface area contributed by atoms with Gasteiger partial charge in [-0.25, -0.2) is 4.68 Å². The van der Waals surface area contributed by atoms with Crippen LogP contribution in [-0.2, 0) is 0 Å². The molecule has 1 aromatic heterocycles. The first-order valence-electron chi connectivity index (χ1n) is 10.3. The first-order valence-corrected chi connectivity index (χ1v) is 10.7. The Kier molecular flexibility index (Phi) is 6.62. The maximum absolute atomic E-state index is 12.6. The van der Waals surface area contributed by atoms with Gasteiger partial charge in [-0.1, -0.05) is 35.9 Å². The van der Waals surface area contributed by atoms with E-state index < -0.39 is 12.7 Å². The highest BCUT2D eigenvalue weighted by atomic mass is 35.5. The van der Waals surface area contributed by atoms with E-state index in [1.165, 1.54) is 4.90 Å². The highest BCUT2D eigenvalue weighted by molar-refractivity contribution is 6.30. The minimum Gasteiger partial charge on any atom is -0.494 e. The molecule has 0 unspecified atom stereocenters. The quantitative estimate of drug-likeness (QED) is 0.474. The van der Waals surface area contributed by atoms with Gasteiger partial charge in [0.2, 0.25) is 5.88 Å². The third kappa shape index (κ3) is 5.37. The van der Waals surface area contributed by atoms with E-state index in [2.05, 4.69) is 5.10 Å². The Morgan fingerprint density at radius 1 is 1.06 bits per heavy atom. The van der Waals surface area contributed by atoms with E-state index in [9.17, 15) is 13.2 Å². The predicted molar refractivity (Wildman–Crippen MR) is 117 cm³/mol. The highest BCUT2D eigenvalue weighted by Gasteiger charge is 2.33. The SMILES string of the molecule is COc1ccccc1-n1nc(OC2CCN(CC(F)(F)F)CC2)cc1-c1ccc(Cl)cc1. The van der Waals surface area contributed by atoms with Crippen LogP contribution < -0.4 is 9.47 Å². The van der Waals surface area contributed by atoms with Gasteiger partial charge in [0.25, 0.3) is 0 Å². The lowest BCUT2D eigenvalue weighted by atomic mass is 10.1. The molecule has 3 aromatic rings. The van der Waals surface area contributed by atoms with Crippen LogP contribution in [0.15, 0.2) is 54.6 Å². The van der Waals surface area contributed by atoms with Crippen LogP contribution in [0.25, 0.3) is 16.9 Å². The molecule has 1 aliphatic heterocycles. The van der Waals surface area contributed by atoms with Crippen LogP contribution in [0.4, 0.5) is 13.2 Å². The van der Waals surface area contributed by atoms with Crippen LogP contribution in [0.1, 0.15) is 12.8 Å². The highest BCUT2D eigenvalue weighted by Crippen LogP contribution is 2.32. The fraction of sp³-hybridized carbons (Fsp3) is 0.348. The van der Waals surface area contributed by atoms with Crippen molar-refractivity contribution in [3.63, 3.8) is 0 Å². The van der Waals surface area contributed by atoms with Gasteiger partial charge in [-0.3, -0.25) is 4.90 Å². The molecule has 170 valence electrons. The van der Waals surface area contributed by atoms with E-state index >= 15 is 0 Å². The van der Waals surface area contributed by atoms with Gasteiger partial charge in [-0.15, -0.1) is 5.10 Å². The molecular weight excluding hydrogens is 443 g/mol. The summed E-state index contributed by atoms with van der Waals surface area (Å²) >= 11 is 6.05. The number of likely N-dealkylation sites (tertiary alicyclic amines) is 1. The van der Waals surface area contributed by atoms with Gasteiger partial charge < -0.3 is 9.47 Å². The van der Waals surface area contributed by atoms with E-state index in [4.69, 9.17) is 21.1 Å². The average Bonchev–Trinajstić information content (AvgIpc) is 3.18. The Hall–Kier alpha value is -2.71. The number of benzene rings is 2. The van der Waals surface area contributed by atoms with Crippen molar-refractivity contribution in [2.75, 3.05) is 26.7 Å². The van der Waals surface area contributed by atoms with E-state index in [0.717, 1.165) is 16.9 Å². The molecule has 0 atom stereocenters. The van der Waals surface area contributed by atoms with Gasteiger partial charge in [-0.05, 0) is 37.1 Å². The first kappa shape index (κ1) is 22.5. The molecule has 0 radical (unpaired) electrons. The lowest BCUT2D eigenvalue weighted by Crippen LogP contribution is -2.42. The molecule has 0 amide bonds. The zero-order valence-corrected chi connectivity index (χ0v) is 18.2. The van der Waals surface area contributed by atoms with Gasteiger partial charge in [0.1, 0.15) is 17.5 Å². The molecule has 0 saturated carbocycles. The zero-order valence-electron chi connectivity index (χ0n) is 17.5. The van der Waals surface area contributed by atoms with Crippen LogP contribution in [0, 0.1) is 0 Å². The number of para-hydroxylation sites is 2. The van der Waals surface area contributed by atoms with Crippen LogP contribution in [0.5, 0.6) is 11.6 Å². The second-order valence-corrected chi connectivity index (χ2v) is 8.10. The van der Waals surface area contributed by atoms with Crippen molar-refractivity contribution in [1.29, 1.82) is 0 Å². The van der Waals surface area contributed by atoms with Crippen LogP contribution in [-0.4, -0.2) is 53.7 Å². The molecule has 1 fully saturated rings. The monoisotopic (exact) mass is 465 g/mol. The van der Waals surface area contributed by atoms with Crippen molar-refractivity contribution in [2.24, 2.45) is 0 Å². The van der Waals surface area contributed by atoms with Gasteiger partial charge in [-0.2, -0.15) is 13.2 Å². The van der Waals surface area contributed by atoms with Gasteiger partial charge in [0, 0.05) is 29.7 Å². The first-order chi connectivity index (χ1) is 15.3. The van der Waals surface area contributed by atoms with Crippen molar-refractivity contribution >= 4 is 11.6 Å². The van der Waals surface area contributed by atoms with E-state index in [1.807, 2.05) is 42.5 Å². The second-order valence-electron chi connectivity index (χ2n) is 7.67. The topological polar surface area (TPSA) is 39.5 Å². The molecule has 2 heterocycles. The van der Waals surface area contributed by atoms with E-state index in [1.54, 1.807) is 23.9 Å². The molecule has 0 N–H and O–H groups in total. The summed E-state index contributed by atoms with van der Waals surface area (Å²) in [7, 11) is 1.59. The smallest absolute Gasteiger partial charge is 0.401 e. The number of hydrogen-bond donors (Lipinski definition) is 0. The number of hydrogen-bond acceptors (Lipinski definition) is 4. The summed E-state index contributed by atoms with van der Waals surface area (Å²) in [5.74, 6) is 1.06. The summed E-state index contributed by atoms with van der Waals surface area (Å²) in [5.41, 5.74) is 2.42. The molecule has 1 aliphatic rings. The molecule has 32 heavy (non-hydrogen) atoms. The predicted octanol–water partition coefficient (Wildman–Crippen LogP) is 5.61. The summed E-state index contributed by atoms with van der Waals surface area (Å²) in [6, 6.07) is 16.7.